The molecule has 0 amide bonds. The summed E-state index contributed by atoms with van der Waals surface area (Å²) < 4.78 is 0. The fraction of sp³-hybridized carbons (Fsp3) is 1.00. The number of rotatable bonds is 9. The highest BCUT2D eigenvalue weighted by Gasteiger charge is 2.26. The summed E-state index contributed by atoms with van der Waals surface area (Å²) in [5.74, 6) is 0. The number of hydrogen-bond donors (Lipinski definition) is 2. The number of nitrogens with one attached hydrogen (secondary N) is 1. The van der Waals surface area contributed by atoms with Gasteiger partial charge < -0.3 is 10.4 Å². The van der Waals surface area contributed by atoms with E-state index in [0.29, 0.717) is 0 Å². The predicted molar refractivity (Wildman–Crippen MR) is 78.9 cm³/mol. The van der Waals surface area contributed by atoms with Crippen molar-refractivity contribution in [2.45, 2.75) is 89.6 Å². The lowest BCUT2D eigenvalue weighted by molar-refractivity contribution is 0.0171. The molecule has 1 rings (SSSR count). The predicted octanol–water partition coefficient (Wildman–Crippen LogP) is 4.02. The average Bonchev–Trinajstić information content (AvgIpc) is 2.58. The molecule has 0 spiro atoms. The Morgan fingerprint density at radius 1 is 0.889 bits per heavy atom. The molecule has 0 aromatic carbocycles. The molecular weight excluding hydrogens is 222 g/mol. The van der Waals surface area contributed by atoms with Crippen LogP contribution in [0.4, 0.5) is 0 Å². The average molecular weight is 255 g/mol. The van der Waals surface area contributed by atoms with Crippen LogP contribution in [0.3, 0.4) is 0 Å². The van der Waals surface area contributed by atoms with Gasteiger partial charge in [-0.2, -0.15) is 0 Å². The summed E-state index contributed by atoms with van der Waals surface area (Å²) in [6.45, 7) is 4.34. The Morgan fingerprint density at radius 2 is 1.56 bits per heavy atom. The standard InChI is InChI=1S/C16H33NO/c1-2-3-4-5-6-7-8-9-11-16(18)12-10-14-17-15-13-16/h17-18H,2-15H2,1H3. The van der Waals surface area contributed by atoms with Crippen molar-refractivity contribution >= 4 is 0 Å². The second-order valence-corrected chi connectivity index (χ2v) is 6.05. The summed E-state index contributed by atoms with van der Waals surface area (Å²) >= 11 is 0. The van der Waals surface area contributed by atoms with E-state index < -0.39 is 0 Å². The van der Waals surface area contributed by atoms with Crippen LogP contribution in [0.5, 0.6) is 0 Å². The molecule has 2 nitrogen and oxygen atoms in total. The molecule has 1 aliphatic heterocycles. The monoisotopic (exact) mass is 255 g/mol. The minimum atomic E-state index is -0.355. The van der Waals surface area contributed by atoms with Crippen LogP contribution in [0.2, 0.25) is 0 Å². The van der Waals surface area contributed by atoms with Gasteiger partial charge in [-0.25, -0.2) is 0 Å². The fourth-order valence-electron chi connectivity index (χ4n) is 2.95. The van der Waals surface area contributed by atoms with Crippen LogP contribution in [-0.4, -0.2) is 23.8 Å². The van der Waals surface area contributed by atoms with Crippen molar-refractivity contribution in [3.63, 3.8) is 0 Å². The first kappa shape index (κ1) is 16.0. The molecule has 0 aromatic rings. The zero-order valence-electron chi connectivity index (χ0n) is 12.3. The maximum atomic E-state index is 10.5. The smallest absolute Gasteiger partial charge is 0.0660 e. The van der Waals surface area contributed by atoms with Crippen LogP contribution >= 0.6 is 0 Å². The second kappa shape index (κ2) is 9.80. The van der Waals surface area contributed by atoms with Gasteiger partial charge in [-0.1, -0.05) is 58.3 Å². The molecule has 1 unspecified atom stereocenters. The van der Waals surface area contributed by atoms with Gasteiger partial charge in [-0.05, 0) is 38.8 Å². The molecule has 0 aromatic heterocycles. The maximum absolute atomic E-state index is 10.5. The minimum absolute atomic E-state index is 0.355. The van der Waals surface area contributed by atoms with E-state index in [1.165, 1.54) is 51.4 Å². The van der Waals surface area contributed by atoms with Crippen molar-refractivity contribution in [2.24, 2.45) is 0 Å². The molecule has 1 fully saturated rings. The highest BCUT2D eigenvalue weighted by molar-refractivity contribution is 4.82. The van der Waals surface area contributed by atoms with Gasteiger partial charge >= 0.3 is 0 Å². The van der Waals surface area contributed by atoms with Crippen molar-refractivity contribution in [3.05, 3.63) is 0 Å². The molecule has 2 heteroatoms. The lowest BCUT2D eigenvalue weighted by Crippen LogP contribution is -2.29. The Balaban J connectivity index is 1.95. The molecule has 108 valence electrons. The Morgan fingerprint density at radius 3 is 2.28 bits per heavy atom. The van der Waals surface area contributed by atoms with Crippen molar-refractivity contribution in [3.8, 4) is 0 Å². The van der Waals surface area contributed by atoms with Gasteiger partial charge in [0.15, 0.2) is 0 Å². The number of aliphatic hydroxyl groups is 1. The third-order valence-corrected chi connectivity index (χ3v) is 4.26. The quantitative estimate of drug-likeness (QED) is 0.610. The SMILES string of the molecule is CCCCCCCCCCC1(O)CCCNCC1. The van der Waals surface area contributed by atoms with Gasteiger partial charge in [-0.3, -0.25) is 0 Å². The molecule has 2 N–H and O–H groups in total. The number of unbranched alkanes of at least 4 members (excludes halogenated alkanes) is 7. The van der Waals surface area contributed by atoms with Gasteiger partial charge in [0.1, 0.15) is 0 Å². The molecule has 1 atom stereocenters. The number of hydrogen-bond acceptors (Lipinski definition) is 2. The molecule has 1 heterocycles. The van der Waals surface area contributed by atoms with Crippen LogP contribution in [0.25, 0.3) is 0 Å². The summed E-state index contributed by atoms with van der Waals surface area (Å²) in [4.78, 5) is 0. The van der Waals surface area contributed by atoms with Crippen LogP contribution in [-0.2, 0) is 0 Å². The molecule has 0 bridgehead atoms. The van der Waals surface area contributed by atoms with E-state index in [1.54, 1.807) is 0 Å². The van der Waals surface area contributed by atoms with Crippen molar-refractivity contribution in [1.82, 2.24) is 5.32 Å². The Labute approximate surface area is 114 Å². The van der Waals surface area contributed by atoms with Gasteiger partial charge in [0, 0.05) is 0 Å². The van der Waals surface area contributed by atoms with Gasteiger partial charge in [-0.15, -0.1) is 0 Å². The second-order valence-electron chi connectivity index (χ2n) is 6.05. The van der Waals surface area contributed by atoms with Gasteiger partial charge in [0.2, 0.25) is 0 Å². The maximum Gasteiger partial charge on any atom is 0.0660 e. The lowest BCUT2D eigenvalue weighted by Gasteiger charge is -2.26. The largest absolute Gasteiger partial charge is 0.390 e. The zero-order valence-corrected chi connectivity index (χ0v) is 12.3. The van der Waals surface area contributed by atoms with E-state index in [2.05, 4.69) is 12.2 Å². The molecule has 0 aliphatic carbocycles. The first-order chi connectivity index (χ1) is 8.77. The van der Waals surface area contributed by atoms with Crippen LogP contribution < -0.4 is 5.32 Å². The third kappa shape index (κ3) is 7.38. The summed E-state index contributed by atoms with van der Waals surface area (Å²) in [6.07, 6.45) is 14.9. The van der Waals surface area contributed by atoms with Crippen molar-refractivity contribution in [2.75, 3.05) is 13.1 Å². The van der Waals surface area contributed by atoms with Crippen LogP contribution in [0.1, 0.15) is 84.0 Å². The van der Waals surface area contributed by atoms with E-state index in [9.17, 15) is 5.11 Å². The van der Waals surface area contributed by atoms with Crippen molar-refractivity contribution < 1.29 is 5.11 Å². The normalized spacial score (nSPS) is 25.0. The summed E-state index contributed by atoms with van der Waals surface area (Å²) in [6, 6.07) is 0. The fourth-order valence-corrected chi connectivity index (χ4v) is 2.95. The summed E-state index contributed by atoms with van der Waals surface area (Å²) in [5, 5.41) is 13.9. The molecule has 1 aliphatic rings. The van der Waals surface area contributed by atoms with Crippen LogP contribution in [0, 0.1) is 0 Å². The minimum Gasteiger partial charge on any atom is -0.390 e. The zero-order chi connectivity index (χ0) is 13.1. The van der Waals surface area contributed by atoms with E-state index in [4.69, 9.17) is 0 Å². The van der Waals surface area contributed by atoms with E-state index >= 15 is 0 Å². The Bertz CT molecular complexity index is 186. The topological polar surface area (TPSA) is 32.3 Å². The lowest BCUT2D eigenvalue weighted by atomic mass is 9.88. The van der Waals surface area contributed by atoms with Gasteiger partial charge in [0.05, 0.1) is 5.60 Å². The molecule has 18 heavy (non-hydrogen) atoms. The Hall–Kier alpha value is -0.0800. The third-order valence-electron chi connectivity index (χ3n) is 4.26. The van der Waals surface area contributed by atoms with E-state index in [-0.39, 0.29) is 5.60 Å². The van der Waals surface area contributed by atoms with E-state index in [0.717, 1.165) is 38.8 Å². The van der Waals surface area contributed by atoms with E-state index in [1.807, 2.05) is 0 Å². The van der Waals surface area contributed by atoms with Crippen LogP contribution in [0.15, 0.2) is 0 Å². The highest BCUT2D eigenvalue weighted by Crippen LogP contribution is 2.26. The van der Waals surface area contributed by atoms with Crippen molar-refractivity contribution in [1.29, 1.82) is 0 Å². The molecule has 0 saturated carbocycles. The highest BCUT2D eigenvalue weighted by atomic mass is 16.3. The molecule has 0 radical (unpaired) electrons. The molecule has 1 saturated heterocycles. The Kier molecular flexibility index (Phi) is 8.70. The first-order valence-electron chi connectivity index (χ1n) is 8.20. The first-order valence-corrected chi connectivity index (χ1v) is 8.20. The summed E-state index contributed by atoms with van der Waals surface area (Å²) in [7, 11) is 0. The van der Waals surface area contributed by atoms with Gasteiger partial charge in [0.25, 0.3) is 0 Å². The molecular formula is C16H33NO. The summed E-state index contributed by atoms with van der Waals surface area (Å²) in [5.41, 5.74) is -0.355.